The molecule has 1 unspecified atom stereocenters. The Hall–Kier alpha value is -0.740. The fourth-order valence-corrected chi connectivity index (χ4v) is 2.88. The Morgan fingerprint density at radius 2 is 2.35 bits per heavy atom. The maximum atomic E-state index is 11.8. The second-order valence-electron chi connectivity index (χ2n) is 3.56. The van der Waals surface area contributed by atoms with E-state index in [0.717, 1.165) is 4.31 Å². The molecule has 1 rings (SSSR count). The van der Waals surface area contributed by atoms with Crippen molar-refractivity contribution in [1.82, 2.24) is 14.3 Å². The lowest BCUT2D eigenvalue weighted by molar-refractivity contribution is -0.141. The Morgan fingerprint density at radius 1 is 1.65 bits per heavy atom. The van der Waals surface area contributed by atoms with E-state index in [4.69, 9.17) is 9.84 Å². The third kappa shape index (κ3) is 3.89. The monoisotopic (exact) mass is 267 g/mol. The fourth-order valence-electron chi connectivity index (χ4n) is 1.54. The number of carbonyl (C=O) groups is 1. The Bertz CT molecular complexity index is 358. The van der Waals surface area contributed by atoms with Crippen molar-refractivity contribution in [2.24, 2.45) is 0 Å². The summed E-state index contributed by atoms with van der Waals surface area (Å²) in [4.78, 5) is 10.9. The van der Waals surface area contributed by atoms with Crippen molar-refractivity contribution < 1.29 is 23.1 Å². The summed E-state index contributed by atoms with van der Waals surface area (Å²) >= 11 is 0. The van der Waals surface area contributed by atoms with Crippen LogP contribution >= 0.6 is 0 Å². The number of ether oxygens (including phenoxy) is 1. The van der Waals surface area contributed by atoms with E-state index < -0.39 is 22.2 Å². The number of aliphatic carboxylic acids is 1. The average Bonchev–Trinajstić information content (AvgIpc) is 2.29. The van der Waals surface area contributed by atoms with Crippen LogP contribution in [0.5, 0.6) is 0 Å². The molecule has 0 spiro atoms. The van der Waals surface area contributed by atoms with Crippen LogP contribution in [0.4, 0.5) is 0 Å². The topological polar surface area (TPSA) is 108 Å². The number of piperazine rings is 1. The molecule has 0 aliphatic carbocycles. The first kappa shape index (κ1) is 14.3. The molecule has 8 nitrogen and oxygen atoms in total. The molecular formula is C8H17N3O5S. The summed E-state index contributed by atoms with van der Waals surface area (Å²) in [5.74, 6) is -1.16. The van der Waals surface area contributed by atoms with Crippen molar-refractivity contribution in [3.05, 3.63) is 0 Å². The molecule has 0 aromatic carbocycles. The first-order valence-electron chi connectivity index (χ1n) is 5.18. The zero-order chi connectivity index (χ0) is 12.9. The Balaban J connectivity index is 2.69. The number of hydrogen-bond donors (Lipinski definition) is 3. The van der Waals surface area contributed by atoms with Gasteiger partial charge < -0.3 is 15.2 Å². The molecule has 0 saturated carbocycles. The molecule has 0 amide bonds. The predicted molar refractivity (Wildman–Crippen MR) is 59.8 cm³/mol. The van der Waals surface area contributed by atoms with Crippen LogP contribution in [0.3, 0.4) is 0 Å². The second-order valence-corrected chi connectivity index (χ2v) is 5.27. The Morgan fingerprint density at radius 3 is 2.94 bits per heavy atom. The van der Waals surface area contributed by atoms with Crippen molar-refractivity contribution >= 4 is 16.2 Å². The van der Waals surface area contributed by atoms with Crippen molar-refractivity contribution in [1.29, 1.82) is 0 Å². The van der Waals surface area contributed by atoms with Gasteiger partial charge in [0.05, 0.1) is 6.61 Å². The highest BCUT2D eigenvalue weighted by Gasteiger charge is 2.36. The number of nitrogens with one attached hydrogen (secondary N) is 2. The lowest BCUT2D eigenvalue weighted by Crippen LogP contribution is -2.59. The smallest absolute Gasteiger partial charge is 0.323 e. The molecule has 0 bridgehead atoms. The Kier molecular flexibility index (Phi) is 5.28. The second kappa shape index (κ2) is 6.26. The summed E-state index contributed by atoms with van der Waals surface area (Å²) in [7, 11) is -2.31. The maximum absolute atomic E-state index is 11.8. The van der Waals surface area contributed by atoms with Crippen LogP contribution in [0.2, 0.25) is 0 Å². The van der Waals surface area contributed by atoms with Gasteiger partial charge in [0.2, 0.25) is 0 Å². The summed E-state index contributed by atoms with van der Waals surface area (Å²) in [6, 6.07) is -1.07. The van der Waals surface area contributed by atoms with Gasteiger partial charge in [0.25, 0.3) is 10.2 Å². The summed E-state index contributed by atoms with van der Waals surface area (Å²) in [5, 5.41) is 11.8. The van der Waals surface area contributed by atoms with Gasteiger partial charge in [-0.15, -0.1) is 0 Å². The molecule has 0 radical (unpaired) electrons. The van der Waals surface area contributed by atoms with Crippen LogP contribution < -0.4 is 10.0 Å². The third-order valence-corrected chi connectivity index (χ3v) is 4.00. The number of hydrogen-bond acceptors (Lipinski definition) is 5. The number of methoxy groups -OCH3 is 1. The lowest BCUT2D eigenvalue weighted by atomic mass is 10.2. The normalized spacial score (nSPS) is 22.5. The molecule has 1 aliphatic rings. The maximum Gasteiger partial charge on any atom is 0.323 e. The molecule has 100 valence electrons. The quantitative estimate of drug-likeness (QED) is 0.472. The van der Waals surface area contributed by atoms with Crippen molar-refractivity contribution in [2.75, 3.05) is 39.9 Å². The van der Waals surface area contributed by atoms with E-state index in [9.17, 15) is 13.2 Å². The average molecular weight is 267 g/mol. The molecule has 1 saturated heterocycles. The van der Waals surface area contributed by atoms with Gasteiger partial charge >= 0.3 is 5.97 Å². The van der Waals surface area contributed by atoms with Gasteiger partial charge in [-0.3, -0.25) is 4.79 Å². The van der Waals surface area contributed by atoms with Crippen molar-refractivity contribution in [3.8, 4) is 0 Å². The van der Waals surface area contributed by atoms with Crippen LogP contribution in [0, 0.1) is 0 Å². The predicted octanol–water partition coefficient (Wildman–Crippen LogP) is -2.17. The minimum Gasteiger partial charge on any atom is -0.480 e. The number of carboxylic acid groups (broad SMARTS) is 1. The Labute approximate surface area is 100 Å². The zero-order valence-corrected chi connectivity index (χ0v) is 10.4. The zero-order valence-electron chi connectivity index (χ0n) is 9.55. The molecule has 9 heteroatoms. The minimum atomic E-state index is -3.77. The van der Waals surface area contributed by atoms with Crippen LogP contribution in [-0.4, -0.2) is 69.7 Å². The first-order valence-corrected chi connectivity index (χ1v) is 6.62. The first-order chi connectivity index (χ1) is 7.99. The van der Waals surface area contributed by atoms with Gasteiger partial charge in [-0.25, -0.2) is 0 Å². The van der Waals surface area contributed by atoms with Crippen molar-refractivity contribution in [3.63, 3.8) is 0 Å². The van der Waals surface area contributed by atoms with E-state index in [1.807, 2.05) is 0 Å². The minimum absolute atomic E-state index is 0.112. The van der Waals surface area contributed by atoms with E-state index in [0.29, 0.717) is 6.54 Å². The van der Waals surface area contributed by atoms with Gasteiger partial charge in [0, 0.05) is 33.3 Å². The van der Waals surface area contributed by atoms with E-state index in [2.05, 4.69) is 10.0 Å². The molecule has 0 aromatic rings. The lowest BCUT2D eigenvalue weighted by Gasteiger charge is -2.32. The summed E-state index contributed by atoms with van der Waals surface area (Å²) < 4.78 is 31.7. The molecule has 17 heavy (non-hydrogen) atoms. The summed E-state index contributed by atoms with van der Waals surface area (Å²) in [5.41, 5.74) is 0. The van der Waals surface area contributed by atoms with E-state index in [-0.39, 0.29) is 26.2 Å². The van der Waals surface area contributed by atoms with Gasteiger partial charge in [-0.05, 0) is 0 Å². The number of nitrogens with zero attached hydrogens (tertiary/aromatic N) is 1. The third-order valence-electron chi connectivity index (χ3n) is 2.38. The van der Waals surface area contributed by atoms with Gasteiger partial charge in [0.15, 0.2) is 0 Å². The molecule has 3 N–H and O–H groups in total. The fraction of sp³-hybridized carbons (Fsp3) is 0.875. The molecule has 0 aromatic heterocycles. The molecule has 1 aliphatic heterocycles. The highest BCUT2D eigenvalue weighted by molar-refractivity contribution is 7.87. The van der Waals surface area contributed by atoms with E-state index >= 15 is 0 Å². The van der Waals surface area contributed by atoms with Crippen LogP contribution in [0.25, 0.3) is 0 Å². The highest BCUT2D eigenvalue weighted by atomic mass is 32.2. The summed E-state index contributed by atoms with van der Waals surface area (Å²) in [6.45, 7) is 1.05. The molecule has 1 fully saturated rings. The standard InChI is InChI=1S/C8H17N3O5S/c1-16-5-3-10-17(14,15)11-4-2-9-6-7(11)8(12)13/h7,9-10H,2-6H2,1H3,(H,12,13). The molecule has 1 heterocycles. The van der Waals surface area contributed by atoms with E-state index in [1.165, 1.54) is 7.11 Å². The van der Waals surface area contributed by atoms with Crippen molar-refractivity contribution in [2.45, 2.75) is 6.04 Å². The SMILES string of the molecule is COCCNS(=O)(=O)N1CCNCC1C(=O)O. The molecule has 1 atom stereocenters. The summed E-state index contributed by atoms with van der Waals surface area (Å²) in [6.07, 6.45) is 0. The number of carboxylic acids is 1. The molecular weight excluding hydrogens is 250 g/mol. The van der Waals surface area contributed by atoms with Crippen LogP contribution in [0.1, 0.15) is 0 Å². The largest absolute Gasteiger partial charge is 0.480 e. The van der Waals surface area contributed by atoms with Crippen LogP contribution in [-0.2, 0) is 19.7 Å². The highest BCUT2D eigenvalue weighted by Crippen LogP contribution is 2.08. The van der Waals surface area contributed by atoms with E-state index in [1.54, 1.807) is 0 Å². The van der Waals surface area contributed by atoms with Gasteiger partial charge in [-0.1, -0.05) is 0 Å². The van der Waals surface area contributed by atoms with Crippen LogP contribution in [0.15, 0.2) is 0 Å². The van der Waals surface area contributed by atoms with Gasteiger partial charge in [-0.2, -0.15) is 17.4 Å². The number of rotatable bonds is 6. The van der Waals surface area contributed by atoms with Gasteiger partial charge in [0.1, 0.15) is 6.04 Å².